The molecule has 0 bridgehead atoms. The summed E-state index contributed by atoms with van der Waals surface area (Å²) in [5, 5.41) is 9.41. The normalized spacial score (nSPS) is 11.1. The van der Waals surface area contributed by atoms with Crippen LogP contribution < -0.4 is 4.72 Å². The molecule has 0 saturated carbocycles. The number of carbonyl (C=O) groups is 1. The molecular weight excluding hydrogens is 290 g/mol. The molecule has 0 heterocycles. The Labute approximate surface area is 123 Å². The number of phenolic OH excluding ortho intramolecular Hbond substituents is 1. The van der Waals surface area contributed by atoms with Gasteiger partial charge in [-0.1, -0.05) is 23.8 Å². The van der Waals surface area contributed by atoms with Crippen molar-refractivity contribution < 1.29 is 18.3 Å². The van der Waals surface area contributed by atoms with E-state index < -0.39 is 15.9 Å². The number of hydrogen-bond donors (Lipinski definition) is 2. The number of benzene rings is 2. The van der Waals surface area contributed by atoms with Gasteiger partial charge in [-0.2, -0.15) is 0 Å². The Hall–Kier alpha value is -2.34. The zero-order valence-corrected chi connectivity index (χ0v) is 12.4. The molecule has 5 nitrogen and oxygen atoms in total. The first kappa shape index (κ1) is 15.1. The fourth-order valence-corrected chi connectivity index (χ4v) is 3.06. The zero-order chi connectivity index (χ0) is 15.6. The van der Waals surface area contributed by atoms with Crippen LogP contribution in [0.4, 0.5) is 0 Å². The molecule has 0 spiro atoms. The quantitative estimate of drug-likeness (QED) is 0.910. The molecule has 0 unspecified atom stereocenters. The van der Waals surface area contributed by atoms with Crippen LogP contribution in [0.15, 0.2) is 47.4 Å². The minimum Gasteiger partial charge on any atom is -0.508 e. The van der Waals surface area contributed by atoms with Gasteiger partial charge in [-0.25, -0.2) is 13.1 Å². The van der Waals surface area contributed by atoms with Crippen LogP contribution >= 0.6 is 0 Å². The van der Waals surface area contributed by atoms with Crippen molar-refractivity contribution in [2.24, 2.45) is 0 Å². The van der Waals surface area contributed by atoms with Gasteiger partial charge in [0.05, 0.1) is 4.90 Å². The number of aryl methyl sites for hydroxylation is 2. The van der Waals surface area contributed by atoms with Gasteiger partial charge < -0.3 is 5.11 Å². The maximum atomic E-state index is 12.2. The van der Waals surface area contributed by atoms with E-state index in [0.29, 0.717) is 5.56 Å². The lowest BCUT2D eigenvalue weighted by atomic mass is 10.1. The molecule has 21 heavy (non-hydrogen) atoms. The van der Waals surface area contributed by atoms with Gasteiger partial charge in [0.1, 0.15) is 5.75 Å². The van der Waals surface area contributed by atoms with Crippen LogP contribution in [0.5, 0.6) is 5.75 Å². The molecule has 2 aromatic carbocycles. The van der Waals surface area contributed by atoms with Crippen LogP contribution in [0.2, 0.25) is 0 Å². The van der Waals surface area contributed by atoms with Gasteiger partial charge >= 0.3 is 0 Å². The fraction of sp³-hybridized carbons (Fsp3) is 0.133. The smallest absolute Gasteiger partial charge is 0.264 e. The number of amides is 1. The van der Waals surface area contributed by atoms with E-state index in [-0.39, 0.29) is 16.2 Å². The van der Waals surface area contributed by atoms with Gasteiger partial charge in [0.2, 0.25) is 0 Å². The van der Waals surface area contributed by atoms with Crippen molar-refractivity contribution in [3.63, 3.8) is 0 Å². The van der Waals surface area contributed by atoms with Crippen LogP contribution in [0, 0.1) is 13.8 Å². The van der Waals surface area contributed by atoms with Crippen molar-refractivity contribution in [2.75, 3.05) is 0 Å². The first-order valence-corrected chi connectivity index (χ1v) is 7.71. The second-order valence-corrected chi connectivity index (χ2v) is 6.40. The Morgan fingerprint density at radius 2 is 1.67 bits per heavy atom. The minimum absolute atomic E-state index is 0.122. The van der Waals surface area contributed by atoms with E-state index in [4.69, 9.17) is 0 Å². The predicted octanol–water partition coefficient (Wildman–Crippen LogP) is 2.13. The van der Waals surface area contributed by atoms with Crippen molar-refractivity contribution in [3.05, 3.63) is 59.2 Å². The molecule has 0 atom stereocenters. The van der Waals surface area contributed by atoms with E-state index in [1.54, 1.807) is 31.2 Å². The SMILES string of the molecule is Cc1ccc(C(=O)NS(=O)(=O)c2cc(O)ccc2C)cc1. The van der Waals surface area contributed by atoms with E-state index in [1.165, 1.54) is 12.1 Å². The Bertz CT molecular complexity index is 780. The second-order valence-electron chi connectivity index (χ2n) is 4.75. The zero-order valence-electron chi connectivity index (χ0n) is 11.6. The Morgan fingerprint density at radius 1 is 1.05 bits per heavy atom. The molecule has 2 N–H and O–H groups in total. The van der Waals surface area contributed by atoms with Gasteiger partial charge in [0.15, 0.2) is 0 Å². The first-order valence-electron chi connectivity index (χ1n) is 6.23. The van der Waals surface area contributed by atoms with Gasteiger partial charge in [0.25, 0.3) is 15.9 Å². The predicted molar refractivity (Wildman–Crippen MR) is 78.7 cm³/mol. The van der Waals surface area contributed by atoms with E-state index in [1.807, 2.05) is 11.6 Å². The van der Waals surface area contributed by atoms with Crippen LogP contribution in [0.25, 0.3) is 0 Å². The maximum absolute atomic E-state index is 12.2. The van der Waals surface area contributed by atoms with Crippen molar-refractivity contribution in [1.29, 1.82) is 0 Å². The number of hydrogen-bond acceptors (Lipinski definition) is 4. The third-order valence-electron chi connectivity index (χ3n) is 3.00. The number of sulfonamides is 1. The number of nitrogens with one attached hydrogen (secondary N) is 1. The highest BCUT2D eigenvalue weighted by molar-refractivity contribution is 7.90. The number of rotatable bonds is 3. The molecular formula is C15H15NO4S. The summed E-state index contributed by atoms with van der Waals surface area (Å²) in [7, 11) is -4.03. The highest BCUT2D eigenvalue weighted by atomic mass is 32.2. The first-order chi connectivity index (χ1) is 9.79. The number of carbonyl (C=O) groups excluding carboxylic acids is 1. The van der Waals surface area contributed by atoms with Crippen LogP contribution in [-0.2, 0) is 10.0 Å². The molecule has 0 radical (unpaired) electrons. The summed E-state index contributed by atoms with van der Waals surface area (Å²) in [6.45, 7) is 3.46. The van der Waals surface area contributed by atoms with Crippen LogP contribution in [0.1, 0.15) is 21.5 Å². The third-order valence-corrected chi connectivity index (χ3v) is 4.48. The molecule has 0 aromatic heterocycles. The fourth-order valence-electron chi connectivity index (χ4n) is 1.82. The third kappa shape index (κ3) is 3.41. The molecule has 2 rings (SSSR count). The van der Waals surface area contributed by atoms with Crippen molar-refractivity contribution in [3.8, 4) is 5.75 Å². The van der Waals surface area contributed by atoms with E-state index >= 15 is 0 Å². The second kappa shape index (κ2) is 5.57. The molecule has 2 aromatic rings. The molecule has 0 saturated heterocycles. The standard InChI is InChI=1S/C15H15NO4S/c1-10-3-6-12(7-4-10)15(18)16-21(19,20)14-9-13(17)8-5-11(14)2/h3-9,17H,1-2H3,(H,16,18). The molecule has 110 valence electrons. The van der Waals surface area contributed by atoms with Crippen LogP contribution in [0.3, 0.4) is 0 Å². The Kier molecular flexibility index (Phi) is 3.99. The van der Waals surface area contributed by atoms with E-state index in [0.717, 1.165) is 11.6 Å². The number of phenols is 1. The van der Waals surface area contributed by atoms with Gasteiger partial charge in [-0.3, -0.25) is 4.79 Å². The lowest BCUT2D eigenvalue weighted by molar-refractivity contribution is 0.0981. The number of aromatic hydroxyl groups is 1. The molecule has 0 aliphatic rings. The largest absolute Gasteiger partial charge is 0.508 e. The maximum Gasteiger partial charge on any atom is 0.264 e. The van der Waals surface area contributed by atoms with Crippen molar-refractivity contribution >= 4 is 15.9 Å². The monoisotopic (exact) mass is 305 g/mol. The highest BCUT2D eigenvalue weighted by Crippen LogP contribution is 2.20. The lowest BCUT2D eigenvalue weighted by Gasteiger charge is -2.10. The summed E-state index contributed by atoms with van der Waals surface area (Å²) in [6.07, 6.45) is 0. The summed E-state index contributed by atoms with van der Waals surface area (Å²) < 4.78 is 26.4. The summed E-state index contributed by atoms with van der Waals surface area (Å²) in [5.74, 6) is -0.887. The van der Waals surface area contributed by atoms with E-state index in [9.17, 15) is 18.3 Å². The summed E-state index contributed by atoms with van der Waals surface area (Å²) in [6, 6.07) is 10.5. The topological polar surface area (TPSA) is 83.5 Å². The lowest BCUT2D eigenvalue weighted by Crippen LogP contribution is -2.31. The average Bonchev–Trinajstić information content (AvgIpc) is 2.41. The molecule has 0 aliphatic carbocycles. The summed E-state index contributed by atoms with van der Waals surface area (Å²) >= 11 is 0. The van der Waals surface area contributed by atoms with E-state index in [2.05, 4.69) is 0 Å². The molecule has 0 aliphatic heterocycles. The molecule has 0 fully saturated rings. The Balaban J connectivity index is 2.31. The average molecular weight is 305 g/mol. The molecule has 1 amide bonds. The van der Waals surface area contributed by atoms with Gasteiger partial charge in [0, 0.05) is 11.6 Å². The van der Waals surface area contributed by atoms with Crippen molar-refractivity contribution in [2.45, 2.75) is 18.7 Å². The summed E-state index contributed by atoms with van der Waals surface area (Å²) in [5.41, 5.74) is 1.66. The van der Waals surface area contributed by atoms with Crippen LogP contribution in [-0.4, -0.2) is 19.4 Å². The van der Waals surface area contributed by atoms with Gasteiger partial charge in [-0.05, 0) is 37.6 Å². The summed E-state index contributed by atoms with van der Waals surface area (Å²) in [4.78, 5) is 11.9. The van der Waals surface area contributed by atoms with Gasteiger partial charge in [-0.15, -0.1) is 0 Å². The molecule has 6 heteroatoms. The Morgan fingerprint density at radius 3 is 2.29 bits per heavy atom. The minimum atomic E-state index is -4.03. The highest BCUT2D eigenvalue weighted by Gasteiger charge is 2.21. The van der Waals surface area contributed by atoms with Crippen molar-refractivity contribution in [1.82, 2.24) is 4.72 Å².